The predicted octanol–water partition coefficient (Wildman–Crippen LogP) is 2.70. The van der Waals surface area contributed by atoms with Gasteiger partial charge in [-0.25, -0.2) is 8.42 Å². The highest BCUT2D eigenvalue weighted by atomic mass is 32.2. The third kappa shape index (κ3) is 5.18. The van der Waals surface area contributed by atoms with E-state index in [0.29, 0.717) is 55.1 Å². The zero-order valence-electron chi connectivity index (χ0n) is 17.2. The molecule has 2 heterocycles. The monoisotopic (exact) mass is 420 g/mol. The summed E-state index contributed by atoms with van der Waals surface area (Å²) >= 11 is 0. The van der Waals surface area contributed by atoms with Gasteiger partial charge in [-0.2, -0.15) is 0 Å². The van der Waals surface area contributed by atoms with Crippen LogP contribution >= 0.6 is 0 Å². The number of hydrogen-bond acceptors (Lipinski definition) is 5. The van der Waals surface area contributed by atoms with Crippen molar-refractivity contribution >= 4 is 32.6 Å². The van der Waals surface area contributed by atoms with Crippen LogP contribution in [0, 0.1) is 5.92 Å². The Kier molecular flexibility index (Phi) is 6.31. The van der Waals surface area contributed by atoms with Gasteiger partial charge < -0.3 is 14.2 Å². The Balaban J connectivity index is 1.75. The Morgan fingerprint density at radius 1 is 1.07 bits per heavy atom. The van der Waals surface area contributed by atoms with Gasteiger partial charge in [0, 0.05) is 49.8 Å². The molecule has 2 amide bonds. The molecule has 0 atom stereocenters. The molecule has 0 saturated carbocycles. The van der Waals surface area contributed by atoms with Crippen molar-refractivity contribution in [2.24, 2.45) is 5.92 Å². The standard InChI is InChI=1S/C21H28N2O5S/c1-15(2)8-9-19(24)22-10-12-23(13-11-22)21(25)20-17(14-29(3,26)27)16-6-4-5-7-18(16)28-20/h4-7,15H,8-14H2,1-3H3. The summed E-state index contributed by atoms with van der Waals surface area (Å²) in [5, 5.41) is 0.642. The van der Waals surface area contributed by atoms with Gasteiger partial charge in [-0.05, 0) is 18.4 Å². The summed E-state index contributed by atoms with van der Waals surface area (Å²) in [6.45, 7) is 5.94. The van der Waals surface area contributed by atoms with E-state index >= 15 is 0 Å². The van der Waals surface area contributed by atoms with Crippen LogP contribution in [0.4, 0.5) is 0 Å². The number of benzene rings is 1. The van der Waals surface area contributed by atoms with E-state index in [1.807, 2.05) is 0 Å². The largest absolute Gasteiger partial charge is 0.451 e. The number of furan rings is 1. The molecule has 1 aliphatic rings. The third-order valence-corrected chi connectivity index (χ3v) is 5.97. The summed E-state index contributed by atoms with van der Waals surface area (Å²) in [7, 11) is -3.34. The van der Waals surface area contributed by atoms with Gasteiger partial charge in [-0.3, -0.25) is 9.59 Å². The molecule has 1 aromatic heterocycles. The second-order valence-corrected chi connectivity index (χ2v) is 10.2. The molecule has 1 aromatic carbocycles. The molecule has 0 bridgehead atoms. The van der Waals surface area contributed by atoms with Gasteiger partial charge in [0.25, 0.3) is 5.91 Å². The van der Waals surface area contributed by atoms with Gasteiger partial charge in [0.1, 0.15) is 5.58 Å². The molecule has 7 nitrogen and oxygen atoms in total. The van der Waals surface area contributed by atoms with E-state index in [-0.39, 0.29) is 23.3 Å². The Morgan fingerprint density at radius 2 is 1.69 bits per heavy atom. The first kappa shape index (κ1) is 21.4. The fourth-order valence-corrected chi connectivity index (χ4v) is 4.36. The number of rotatable bonds is 6. The number of fused-ring (bicyclic) bond motifs is 1. The molecule has 0 aliphatic carbocycles. The van der Waals surface area contributed by atoms with E-state index in [4.69, 9.17) is 4.42 Å². The van der Waals surface area contributed by atoms with Gasteiger partial charge in [0.2, 0.25) is 5.91 Å². The van der Waals surface area contributed by atoms with Crippen LogP contribution in [-0.2, 0) is 20.4 Å². The number of hydrogen-bond donors (Lipinski definition) is 0. The summed E-state index contributed by atoms with van der Waals surface area (Å²) in [5.74, 6) is 0.0967. The first-order chi connectivity index (χ1) is 13.7. The zero-order valence-corrected chi connectivity index (χ0v) is 18.0. The number of amides is 2. The van der Waals surface area contributed by atoms with Gasteiger partial charge in [0.15, 0.2) is 15.6 Å². The van der Waals surface area contributed by atoms with Crippen LogP contribution in [0.1, 0.15) is 42.8 Å². The highest BCUT2D eigenvalue weighted by molar-refractivity contribution is 7.89. The van der Waals surface area contributed by atoms with Crippen LogP contribution < -0.4 is 0 Å². The van der Waals surface area contributed by atoms with Crippen LogP contribution in [0.25, 0.3) is 11.0 Å². The quantitative estimate of drug-likeness (QED) is 0.717. The summed E-state index contributed by atoms with van der Waals surface area (Å²) in [6, 6.07) is 7.07. The van der Waals surface area contributed by atoms with Crippen LogP contribution in [-0.4, -0.2) is 62.5 Å². The SMILES string of the molecule is CC(C)CCC(=O)N1CCN(C(=O)c2oc3ccccc3c2CS(C)(=O)=O)CC1. The Hall–Kier alpha value is -2.35. The molecule has 1 saturated heterocycles. The van der Waals surface area contributed by atoms with E-state index < -0.39 is 9.84 Å². The van der Waals surface area contributed by atoms with Crippen molar-refractivity contribution < 1.29 is 22.4 Å². The Morgan fingerprint density at radius 3 is 2.31 bits per heavy atom. The molecular weight excluding hydrogens is 392 g/mol. The average Bonchev–Trinajstić information content (AvgIpc) is 3.02. The number of sulfone groups is 1. The smallest absolute Gasteiger partial charge is 0.290 e. The molecule has 0 spiro atoms. The topological polar surface area (TPSA) is 87.9 Å². The van der Waals surface area contributed by atoms with E-state index in [1.165, 1.54) is 0 Å². The first-order valence-electron chi connectivity index (χ1n) is 9.91. The normalized spacial score (nSPS) is 15.3. The lowest BCUT2D eigenvalue weighted by Gasteiger charge is -2.34. The maximum absolute atomic E-state index is 13.1. The highest BCUT2D eigenvalue weighted by Gasteiger charge is 2.30. The fourth-order valence-electron chi connectivity index (χ4n) is 3.55. The van der Waals surface area contributed by atoms with E-state index in [9.17, 15) is 18.0 Å². The second-order valence-electron chi connectivity index (χ2n) is 8.08. The average molecular weight is 421 g/mol. The van der Waals surface area contributed by atoms with Crippen molar-refractivity contribution in [1.29, 1.82) is 0 Å². The molecule has 2 aromatic rings. The minimum absolute atomic E-state index is 0.0798. The van der Waals surface area contributed by atoms with Crippen molar-refractivity contribution in [1.82, 2.24) is 9.80 Å². The minimum Gasteiger partial charge on any atom is -0.451 e. The van der Waals surface area contributed by atoms with Crippen molar-refractivity contribution in [3.05, 3.63) is 35.6 Å². The minimum atomic E-state index is -3.34. The molecule has 1 aliphatic heterocycles. The van der Waals surface area contributed by atoms with E-state index in [2.05, 4.69) is 13.8 Å². The molecule has 0 N–H and O–H groups in total. The van der Waals surface area contributed by atoms with Crippen molar-refractivity contribution in [3.63, 3.8) is 0 Å². The third-order valence-electron chi connectivity index (χ3n) is 5.15. The maximum atomic E-state index is 13.1. The molecule has 1 fully saturated rings. The summed E-state index contributed by atoms with van der Waals surface area (Å²) < 4.78 is 29.6. The van der Waals surface area contributed by atoms with E-state index in [1.54, 1.807) is 34.1 Å². The van der Waals surface area contributed by atoms with Crippen LogP contribution in [0.3, 0.4) is 0 Å². The number of nitrogens with zero attached hydrogens (tertiary/aromatic N) is 2. The molecule has 0 unspecified atom stereocenters. The van der Waals surface area contributed by atoms with Gasteiger partial charge in [0.05, 0.1) is 5.75 Å². The van der Waals surface area contributed by atoms with Gasteiger partial charge >= 0.3 is 0 Å². The molecule has 158 valence electrons. The molecular formula is C21H28N2O5S. The van der Waals surface area contributed by atoms with E-state index in [0.717, 1.165) is 12.7 Å². The Bertz CT molecular complexity index is 1000. The van der Waals surface area contributed by atoms with Crippen molar-refractivity contribution in [3.8, 4) is 0 Å². The number of carbonyl (C=O) groups excluding carboxylic acids is 2. The summed E-state index contributed by atoms with van der Waals surface area (Å²) in [6.07, 6.45) is 2.52. The molecule has 0 radical (unpaired) electrons. The highest BCUT2D eigenvalue weighted by Crippen LogP contribution is 2.29. The van der Waals surface area contributed by atoms with Gasteiger partial charge in [-0.1, -0.05) is 32.0 Å². The predicted molar refractivity (Wildman–Crippen MR) is 111 cm³/mol. The molecule has 3 rings (SSSR count). The lowest BCUT2D eigenvalue weighted by atomic mass is 10.1. The summed E-state index contributed by atoms with van der Waals surface area (Å²) in [4.78, 5) is 28.8. The lowest BCUT2D eigenvalue weighted by Crippen LogP contribution is -2.50. The molecule has 29 heavy (non-hydrogen) atoms. The Labute approximate surface area is 171 Å². The zero-order chi connectivity index (χ0) is 21.2. The van der Waals surface area contributed by atoms with Gasteiger partial charge in [-0.15, -0.1) is 0 Å². The first-order valence-corrected chi connectivity index (χ1v) is 12.0. The number of piperazine rings is 1. The van der Waals surface area contributed by atoms with Crippen LogP contribution in [0.5, 0.6) is 0 Å². The van der Waals surface area contributed by atoms with Crippen molar-refractivity contribution in [2.45, 2.75) is 32.4 Å². The number of carbonyl (C=O) groups is 2. The van der Waals surface area contributed by atoms with Crippen molar-refractivity contribution in [2.75, 3.05) is 32.4 Å². The van der Waals surface area contributed by atoms with Crippen LogP contribution in [0.15, 0.2) is 28.7 Å². The van der Waals surface area contributed by atoms with Crippen LogP contribution in [0.2, 0.25) is 0 Å². The lowest BCUT2D eigenvalue weighted by molar-refractivity contribution is -0.132. The second kappa shape index (κ2) is 8.57. The fraction of sp³-hybridized carbons (Fsp3) is 0.524. The summed E-state index contributed by atoms with van der Waals surface area (Å²) in [5.41, 5.74) is 0.903. The maximum Gasteiger partial charge on any atom is 0.290 e. The number of para-hydroxylation sites is 1. The molecule has 8 heteroatoms.